The number of methoxy groups -OCH3 is 1. The van der Waals surface area contributed by atoms with E-state index in [0.29, 0.717) is 16.8 Å². The molecule has 0 bridgehead atoms. The van der Waals surface area contributed by atoms with Crippen LogP contribution in [0, 0.1) is 11.3 Å². The number of imidazole rings is 1. The van der Waals surface area contributed by atoms with E-state index in [1.165, 1.54) is 5.56 Å². The Morgan fingerprint density at radius 3 is 2.89 bits per heavy atom. The third kappa shape index (κ3) is 2.79. The summed E-state index contributed by atoms with van der Waals surface area (Å²) < 4.78 is 6.04. The smallest absolute Gasteiger partial charge is 0.142 e. The van der Waals surface area contributed by atoms with Gasteiger partial charge in [-0.15, -0.1) is 0 Å². The lowest BCUT2D eigenvalue weighted by Gasteiger charge is -2.08. The van der Waals surface area contributed by atoms with Gasteiger partial charge in [0, 0.05) is 0 Å². The van der Waals surface area contributed by atoms with Gasteiger partial charge in [0.25, 0.3) is 0 Å². The number of benzene rings is 1. The Labute approximate surface area is 120 Å². The van der Waals surface area contributed by atoms with Crippen molar-refractivity contribution in [1.82, 2.24) is 9.97 Å². The first-order valence-corrected chi connectivity index (χ1v) is 6.77. The number of H-pyrrole nitrogens is 1. The second-order valence-electron chi connectivity index (χ2n) is 4.08. The molecular formula is C14H14BrN3O. The van der Waals surface area contributed by atoms with Crippen molar-refractivity contribution >= 4 is 15.9 Å². The van der Waals surface area contributed by atoms with E-state index in [4.69, 9.17) is 10.00 Å². The van der Waals surface area contributed by atoms with Gasteiger partial charge in [0.05, 0.1) is 30.9 Å². The molecule has 1 N–H and O–H groups in total. The summed E-state index contributed by atoms with van der Waals surface area (Å²) in [5, 5.41) is 8.76. The summed E-state index contributed by atoms with van der Waals surface area (Å²) in [5.41, 5.74) is 2.90. The zero-order valence-electron chi connectivity index (χ0n) is 10.8. The molecule has 0 amide bonds. The fourth-order valence-corrected chi connectivity index (χ4v) is 2.29. The third-order valence-corrected chi connectivity index (χ3v) is 3.57. The molecule has 5 heteroatoms. The number of hydrogen-bond acceptors (Lipinski definition) is 3. The van der Waals surface area contributed by atoms with Gasteiger partial charge in [-0.25, -0.2) is 4.98 Å². The number of nitriles is 1. The minimum atomic E-state index is 0.295. The number of aryl methyl sites for hydroxylation is 1. The highest BCUT2D eigenvalue weighted by molar-refractivity contribution is 9.10. The number of halogens is 1. The van der Waals surface area contributed by atoms with E-state index in [-0.39, 0.29) is 0 Å². The SMILES string of the molecule is CCc1ccc(OC)c(-c2nc(Br)c(CC#N)[nH]2)c1. The normalized spacial score (nSPS) is 10.2. The first-order chi connectivity index (χ1) is 9.19. The molecule has 0 saturated carbocycles. The van der Waals surface area contributed by atoms with Gasteiger partial charge < -0.3 is 9.72 Å². The van der Waals surface area contributed by atoms with Crippen LogP contribution in [0.3, 0.4) is 0 Å². The first-order valence-electron chi connectivity index (χ1n) is 5.98. The molecule has 0 aliphatic rings. The number of aromatic amines is 1. The van der Waals surface area contributed by atoms with E-state index >= 15 is 0 Å². The van der Waals surface area contributed by atoms with Crippen molar-refractivity contribution in [3.05, 3.63) is 34.1 Å². The van der Waals surface area contributed by atoms with Crippen molar-refractivity contribution < 1.29 is 4.74 Å². The Balaban J connectivity index is 2.51. The van der Waals surface area contributed by atoms with Crippen molar-refractivity contribution in [3.63, 3.8) is 0 Å². The number of nitrogens with one attached hydrogen (secondary N) is 1. The average molecular weight is 320 g/mol. The zero-order chi connectivity index (χ0) is 13.8. The molecule has 1 heterocycles. The van der Waals surface area contributed by atoms with E-state index in [1.807, 2.05) is 12.1 Å². The summed E-state index contributed by atoms with van der Waals surface area (Å²) in [6.07, 6.45) is 1.24. The lowest BCUT2D eigenvalue weighted by atomic mass is 10.1. The Kier molecular flexibility index (Phi) is 4.23. The average Bonchev–Trinajstić information content (AvgIpc) is 2.80. The number of rotatable bonds is 4. The van der Waals surface area contributed by atoms with Crippen molar-refractivity contribution in [2.24, 2.45) is 0 Å². The summed E-state index contributed by atoms with van der Waals surface area (Å²) >= 11 is 3.36. The largest absolute Gasteiger partial charge is 0.496 e. The first kappa shape index (κ1) is 13.6. The maximum Gasteiger partial charge on any atom is 0.142 e. The molecular weight excluding hydrogens is 306 g/mol. The Hall–Kier alpha value is -1.80. The molecule has 0 saturated heterocycles. The van der Waals surface area contributed by atoms with Crippen molar-refractivity contribution in [2.75, 3.05) is 7.11 Å². The molecule has 0 fully saturated rings. The molecule has 0 aliphatic carbocycles. The lowest BCUT2D eigenvalue weighted by Crippen LogP contribution is -1.92. The summed E-state index contributed by atoms with van der Waals surface area (Å²) in [6.45, 7) is 2.10. The third-order valence-electron chi connectivity index (χ3n) is 2.91. The van der Waals surface area contributed by atoms with Gasteiger partial charge in [0.15, 0.2) is 0 Å². The van der Waals surface area contributed by atoms with Crippen LogP contribution >= 0.6 is 15.9 Å². The van der Waals surface area contributed by atoms with Crippen LogP contribution in [-0.4, -0.2) is 17.1 Å². The van der Waals surface area contributed by atoms with Crippen LogP contribution in [0.25, 0.3) is 11.4 Å². The molecule has 0 unspecified atom stereocenters. The minimum Gasteiger partial charge on any atom is -0.496 e. The molecule has 2 rings (SSSR count). The van der Waals surface area contributed by atoms with E-state index < -0.39 is 0 Å². The quantitative estimate of drug-likeness (QED) is 0.938. The Morgan fingerprint density at radius 1 is 1.47 bits per heavy atom. The van der Waals surface area contributed by atoms with Crippen LogP contribution in [0.2, 0.25) is 0 Å². The number of aromatic nitrogens is 2. The van der Waals surface area contributed by atoms with E-state index in [0.717, 1.165) is 23.4 Å². The van der Waals surface area contributed by atoms with Crippen LogP contribution in [0.15, 0.2) is 22.8 Å². The molecule has 0 atom stereocenters. The van der Waals surface area contributed by atoms with Crippen LogP contribution in [0.5, 0.6) is 5.75 Å². The van der Waals surface area contributed by atoms with Gasteiger partial charge in [0.2, 0.25) is 0 Å². The van der Waals surface area contributed by atoms with Gasteiger partial charge in [-0.05, 0) is 40.0 Å². The van der Waals surface area contributed by atoms with Gasteiger partial charge in [-0.1, -0.05) is 13.0 Å². The second-order valence-corrected chi connectivity index (χ2v) is 4.83. The summed E-state index contributed by atoms with van der Waals surface area (Å²) in [5.74, 6) is 1.48. The number of ether oxygens (including phenoxy) is 1. The van der Waals surface area contributed by atoms with Crippen LogP contribution in [0.1, 0.15) is 18.2 Å². The van der Waals surface area contributed by atoms with E-state index in [9.17, 15) is 0 Å². The summed E-state index contributed by atoms with van der Waals surface area (Å²) in [7, 11) is 1.64. The highest BCUT2D eigenvalue weighted by Crippen LogP contribution is 2.31. The predicted octanol–water partition coefficient (Wildman–Crippen LogP) is 3.48. The van der Waals surface area contributed by atoms with Gasteiger partial charge in [0.1, 0.15) is 16.2 Å². The van der Waals surface area contributed by atoms with Crippen LogP contribution in [0.4, 0.5) is 0 Å². The van der Waals surface area contributed by atoms with E-state index in [1.54, 1.807) is 7.11 Å². The molecule has 1 aromatic carbocycles. The second kappa shape index (κ2) is 5.89. The molecule has 0 spiro atoms. The van der Waals surface area contributed by atoms with Crippen molar-refractivity contribution in [2.45, 2.75) is 19.8 Å². The highest BCUT2D eigenvalue weighted by atomic mass is 79.9. The van der Waals surface area contributed by atoms with Crippen LogP contribution < -0.4 is 4.74 Å². The number of nitrogens with zero attached hydrogens (tertiary/aromatic N) is 2. The van der Waals surface area contributed by atoms with Gasteiger partial charge >= 0.3 is 0 Å². The fourth-order valence-electron chi connectivity index (χ4n) is 1.87. The fraction of sp³-hybridized carbons (Fsp3) is 0.286. The minimum absolute atomic E-state index is 0.295. The molecule has 0 radical (unpaired) electrons. The molecule has 98 valence electrons. The molecule has 4 nitrogen and oxygen atoms in total. The topological polar surface area (TPSA) is 61.7 Å². The molecule has 2 aromatic rings. The van der Waals surface area contributed by atoms with E-state index in [2.05, 4.69) is 45.0 Å². The molecule has 1 aromatic heterocycles. The molecule has 19 heavy (non-hydrogen) atoms. The highest BCUT2D eigenvalue weighted by Gasteiger charge is 2.13. The Morgan fingerprint density at radius 2 is 2.26 bits per heavy atom. The maximum absolute atomic E-state index is 8.76. The maximum atomic E-state index is 8.76. The number of hydrogen-bond donors (Lipinski definition) is 1. The van der Waals surface area contributed by atoms with Crippen molar-refractivity contribution in [1.29, 1.82) is 5.26 Å². The monoisotopic (exact) mass is 319 g/mol. The zero-order valence-corrected chi connectivity index (χ0v) is 12.4. The summed E-state index contributed by atoms with van der Waals surface area (Å²) in [4.78, 5) is 7.58. The Bertz CT molecular complexity index is 628. The van der Waals surface area contributed by atoms with Crippen LogP contribution in [-0.2, 0) is 12.8 Å². The van der Waals surface area contributed by atoms with Crippen molar-refractivity contribution in [3.8, 4) is 23.2 Å². The standard InChI is InChI=1S/C14H14BrN3O/c1-3-9-4-5-12(19-2)10(8-9)14-17-11(6-7-16)13(15)18-14/h4-5,8H,3,6H2,1-2H3,(H,17,18). The molecule has 0 aliphatic heterocycles. The van der Waals surface area contributed by atoms with Gasteiger partial charge in [-0.2, -0.15) is 5.26 Å². The lowest BCUT2D eigenvalue weighted by molar-refractivity contribution is 0.416. The summed E-state index contributed by atoms with van der Waals surface area (Å²) in [6, 6.07) is 8.14. The van der Waals surface area contributed by atoms with Gasteiger partial charge in [-0.3, -0.25) is 0 Å². The predicted molar refractivity (Wildman–Crippen MR) is 77.0 cm³/mol.